The van der Waals surface area contributed by atoms with Crippen molar-refractivity contribution in [1.29, 1.82) is 0 Å². The Balaban J connectivity index is 1.87. The predicted octanol–water partition coefficient (Wildman–Crippen LogP) is 2.25. The lowest BCUT2D eigenvalue weighted by atomic mass is 10.1. The monoisotopic (exact) mass is 253 g/mol. The number of hydrogen-bond donors (Lipinski definition) is 2. The molecule has 0 bridgehead atoms. The van der Waals surface area contributed by atoms with Gasteiger partial charge in [0, 0.05) is 5.56 Å². The average Bonchev–Trinajstić information content (AvgIpc) is 2.85. The van der Waals surface area contributed by atoms with Crippen molar-refractivity contribution in [3.8, 4) is 0 Å². The second kappa shape index (κ2) is 4.77. The second-order valence-electron chi connectivity index (χ2n) is 3.94. The van der Waals surface area contributed by atoms with E-state index in [1.807, 2.05) is 30.3 Å². The number of nitrogens with zero attached hydrogens (tertiary/aromatic N) is 3. The van der Waals surface area contributed by atoms with Crippen molar-refractivity contribution in [2.75, 3.05) is 11.2 Å². The van der Waals surface area contributed by atoms with Gasteiger partial charge in [-0.25, -0.2) is 4.63 Å². The Morgan fingerprint density at radius 3 is 2.79 bits per heavy atom. The summed E-state index contributed by atoms with van der Waals surface area (Å²) in [6.07, 6.45) is 1.70. The molecule has 2 aromatic carbocycles. The molecule has 0 aliphatic carbocycles. The molecule has 0 saturated carbocycles. The fourth-order valence-electron chi connectivity index (χ4n) is 1.80. The highest BCUT2D eigenvalue weighted by Crippen LogP contribution is 2.17. The van der Waals surface area contributed by atoms with Crippen LogP contribution in [-0.2, 0) is 0 Å². The Morgan fingerprint density at radius 2 is 1.95 bits per heavy atom. The maximum atomic E-state index is 5.51. The predicted molar refractivity (Wildman–Crippen MR) is 73.9 cm³/mol. The number of benzene rings is 2. The lowest BCUT2D eigenvalue weighted by molar-refractivity contribution is 0.310. The van der Waals surface area contributed by atoms with Gasteiger partial charge in [0.25, 0.3) is 0 Å². The summed E-state index contributed by atoms with van der Waals surface area (Å²) in [6, 6.07) is 14.1. The standard InChI is InChI=1S/C13H11N5O/c14-12-13(18-19-17-12)16-15-8-10-6-3-5-9-4-1-2-7-11(9)10/h1-8H,(H2,14,17)(H,16,18)/b15-8+. The number of fused-ring (bicyclic) bond motifs is 1. The van der Waals surface area contributed by atoms with Crippen molar-refractivity contribution in [2.24, 2.45) is 5.10 Å². The molecule has 0 aliphatic heterocycles. The summed E-state index contributed by atoms with van der Waals surface area (Å²) in [4.78, 5) is 0. The third-order valence-corrected chi connectivity index (χ3v) is 2.71. The zero-order chi connectivity index (χ0) is 13.1. The zero-order valence-electron chi connectivity index (χ0n) is 9.95. The summed E-state index contributed by atoms with van der Waals surface area (Å²) in [5, 5.41) is 13.4. The molecular formula is C13H11N5O. The molecule has 94 valence electrons. The molecule has 0 unspecified atom stereocenters. The van der Waals surface area contributed by atoms with Gasteiger partial charge in [-0.1, -0.05) is 42.5 Å². The van der Waals surface area contributed by atoms with E-state index in [4.69, 9.17) is 5.73 Å². The number of hydrazone groups is 1. The maximum Gasteiger partial charge on any atom is 0.235 e. The first-order valence-electron chi connectivity index (χ1n) is 5.69. The van der Waals surface area contributed by atoms with Crippen molar-refractivity contribution in [2.45, 2.75) is 0 Å². The highest BCUT2D eigenvalue weighted by Gasteiger charge is 2.03. The number of rotatable bonds is 3. The average molecular weight is 253 g/mol. The van der Waals surface area contributed by atoms with Gasteiger partial charge in [0.05, 0.1) is 6.21 Å². The van der Waals surface area contributed by atoms with Crippen molar-refractivity contribution < 1.29 is 4.63 Å². The van der Waals surface area contributed by atoms with E-state index in [0.29, 0.717) is 5.82 Å². The smallest absolute Gasteiger partial charge is 0.235 e. The number of nitrogen functional groups attached to an aromatic ring is 1. The molecule has 0 atom stereocenters. The van der Waals surface area contributed by atoms with Gasteiger partial charge in [-0.2, -0.15) is 5.10 Å². The van der Waals surface area contributed by atoms with Crippen LogP contribution in [0, 0.1) is 0 Å². The lowest BCUT2D eigenvalue weighted by Crippen LogP contribution is -1.95. The van der Waals surface area contributed by atoms with E-state index in [1.54, 1.807) is 6.21 Å². The summed E-state index contributed by atoms with van der Waals surface area (Å²) in [6.45, 7) is 0. The van der Waals surface area contributed by atoms with Gasteiger partial charge in [-0.05, 0) is 21.1 Å². The second-order valence-corrected chi connectivity index (χ2v) is 3.94. The highest BCUT2D eigenvalue weighted by molar-refractivity contribution is 5.99. The number of anilines is 2. The van der Waals surface area contributed by atoms with Gasteiger partial charge in [-0.15, -0.1) is 0 Å². The minimum Gasteiger partial charge on any atom is -0.378 e. The zero-order valence-corrected chi connectivity index (χ0v) is 9.95. The molecule has 3 N–H and O–H groups in total. The van der Waals surface area contributed by atoms with E-state index in [-0.39, 0.29) is 5.82 Å². The summed E-state index contributed by atoms with van der Waals surface area (Å²) >= 11 is 0. The molecular weight excluding hydrogens is 242 g/mol. The summed E-state index contributed by atoms with van der Waals surface area (Å²) in [7, 11) is 0. The maximum absolute atomic E-state index is 5.51. The number of nitrogens with two attached hydrogens (primary N) is 1. The van der Waals surface area contributed by atoms with Gasteiger partial charge in [-0.3, -0.25) is 5.43 Å². The van der Waals surface area contributed by atoms with E-state index in [1.165, 1.54) is 0 Å². The molecule has 1 aromatic heterocycles. The first-order chi connectivity index (χ1) is 9.34. The van der Waals surface area contributed by atoms with Crippen molar-refractivity contribution in [1.82, 2.24) is 10.3 Å². The van der Waals surface area contributed by atoms with Crippen LogP contribution < -0.4 is 11.2 Å². The molecule has 0 saturated heterocycles. The molecule has 0 amide bonds. The molecule has 0 radical (unpaired) electrons. The Hall–Kier alpha value is -2.89. The molecule has 6 nitrogen and oxygen atoms in total. The highest BCUT2D eigenvalue weighted by atomic mass is 16.6. The molecule has 19 heavy (non-hydrogen) atoms. The largest absolute Gasteiger partial charge is 0.378 e. The van der Waals surface area contributed by atoms with E-state index in [0.717, 1.165) is 16.3 Å². The van der Waals surface area contributed by atoms with Crippen LogP contribution in [0.15, 0.2) is 52.2 Å². The fraction of sp³-hybridized carbons (Fsp3) is 0. The SMILES string of the molecule is Nc1nonc1N/N=C/c1cccc2ccccc12. The van der Waals surface area contributed by atoms with Crippen LogP contribution in [-0.4, -0.2) is 16.5 Å². The van der Waals surface area contributed by atoms with Crippen LogP contribution in [0.25, 0.3) is 10.8 Å². The molecule has 3 aromatic rings. The van der Waals surface area contributed by atoms with Crippen LogP contribution in [0.5, 0.6) is 0 Å². The Labute approximate surface area is 108 Å². The van der Waals surface area contributed by atoms with Crippen LogP contribution >= 0.6 is 0 Å². The summed E-state index contributed by atoms with van der Waals surface area (Å²) < 4.78 is 4.46. The summed E-state index contributed by atoms with van der Waals surface area (Å²) in [5.41, 5.74) is 9.19. The minimum absolute atomic E-state index is 0.176. The molecule has 1 heterocycles. The first kappa shape index (κ1) is 11.2. The topological polar surface area (TPSA) is 89.3 Å². The van der Waals surface area contributed by atoms with E-state index < -0.39 is 0 Å². The van der Waals surface area contributed by atoms with E-state index in [2.05, 4.69) is 37.6 Å². The first-order valence-corrected chi connectivity index (χ1v) is 5.69. The number of hydrogen-bond acceptors (Lipinski definition) is 6. The quantitative estimate of drug-likeness (QED) is 0.552. The normalized spacial score (nSPS) is 11.2. The van der Waals surface area contributed by atoms with Crippen LogP contribution in [0.2, 0.25) is 0 Å². The molecule has 6 heteroatoms. The van der Waals surface area contributed by atoms with Gasteiger partial charge >= 0.3 is 0 Å². The van der Waals surface area contributed by atoms with Gasteiger partial charge in [0.15, 0.2) is 0 Å². The molecule has 0 spiro atoms. The summed E-state index contributed by atoms with van der Waals surface area (Å²) in [5.74, 6) is 0.478. The van der Waals surface area contributed by atoms with E-state index in [9.17, 15) is 0 Å². The van der Waals surface area contributed by atoms with Crippen molar-refractivity contribution in [3.63, 3.8) is 0 Å². The van der Waals surface area contributed by atoms with Gasteiger partial charge in [0.2, 0.25) is 11.6 Å². The Bertz CT molecular complexity index is 729. The van der Waals surface area contributed by atoms with Crippen molar-refractivity contribution >= 4 is 28.6 Å². The third-order valence-electron chi connectivity index (χ3n) is 2.71. The molecule has 0 aliphatic rings. The third kappa shape index (κ3) is 2.23. The lowest BCUT2D eigenvalue weighted by Gasteiger charge is -2.01. The number of nitrogens with one attached hydrogen (secondary N) is 1. The Kier molecular flexibility index (Phi) is 2.82. The van der Waals surface area contributed by atoms with Gasteiger partial charge < -0.3 is 5.73 Å². The van der Waals surface area contributed by atoms with Crippen LogP contribution in [0.1, 0.15) is 5.56 Å². The Morgan fingerprint density at radius 1 is 1.11 bits per heavy atom. The minimum atomic E-state index is 0.176. The fourth-order valence-corrected chi connectivity index (χ4v) is 1.80. The van der Waals surface area contributed by atoms with Crippen molar-refractivity contribution in [3.05, 3.63) is 48.0 Å². The molecule has 3 rings (SSSR count). The van der Waals surface area contributed by atoms with E-state index >= 15 is 0 Å². The molecule has 0 fully saturated rings. The van der Waals surface area contributed by atoms with Crippen LogP contribution in [0.4, 0.5) is 11.6 Å². The van der Waals surface area contributed by atoms with Gasteiger partial charge in [0.1, 0.15) is 0 Å². The van der Waals surface area contributed by atoms with Crippen LogP contribution in [0.3, 0.4) is 0 Å². The number of aromatic nitrogens is 2.